The molecule has 0 radical (unpaired) electrons. The lowest BCUT2D eigenvalue weighted by Crippen LogP contribution is -2.53. The topological polar surface area (TPSA) is 20.3 Å². The van der Waals surface area contributed by atoms with Gasteiger partial charge in [0.1, 0.15) is 0 Å². The highest BCUT2D eigenvalue weighted by Crippen LogP contribution is 2.52. The molecular formula is C20H22ClNOS. The molecule has 1 amide bonds. The van der Waals surface area contributed by atoms with E-state index in [-0.39, 0.29) is 16.8 Å². The van der Waals surface area contributed by atoms with Crippen LogP contribution in [0, 0.1) is 5.92 Å². The predicted octanol–water partition coefficient (Wildman–Crippen LogP) is 5.50. The molecule has 126 valence electrons. The Morgan fingerprint density at radius 1 is 1.12 bits per heavy atom. The molecule has 24 heavy (non-hydrogen) atoms. The van der Waals surface area contributed by atoms with Crippen molar-refractivity contribution in [1.82, 2.24) is 4.90 Å². The molecule has 0 unspecified atom stereocenters. The molecule has 1 saturated carbocycles. The molecule has 0 spiro atoms. The molecule has 1 aliphatic heterocycles. The van der Waals surface area contributed by atoms with Crippen molar-refractivity contribution >= 4 is 28.8 Å². The quantitative estimate of drug-likeness (QED) is 0.648. The number of benzene rings is 1. The number of amides is 1. The molecule has 2 nitrogen and oxygen atoms in total. The van der Waals surface area contributed by atoms with Gasteiger partial charge in [0.15, 0.2) is 0 Å². The van der Waals surface area contributed by atoms with Crippen molar-refractivity contribution in [1.29, 1.82) is 0 Å². The summed E-state index contributed by atoms with van der Waals surface area (Å²) in [7, 11) is 0. The van der Waals surface area contributed by atoms with Crippen molar-refractivity contribution in [3.8, 4) is 0 Å². The van der Waals surface area contributed by atoms with Gasteiger partial charge in [-0.25, -0.2) is 0 Å². The van der Waals surface area contributed by atoms with E-state index in [2.05, 4.69) is 29.2 Å². The van der Waals surface area contributed by atoms with Gasteiger partial charge in [-0.1, -0.05) is 49.2 Å². The summed E-state index contributed by atoms with van der Waals surface area (Å²) >= 11 is 8.61. The molecule has 2 aromatic rings. The average molecular weight is 360 g/mol. The predicted molar refractivity (Wildman–Crippen MR) is 99.7 cm³/mol. The third kappa shape index (κ3) is 2.78. The second kappa shape index (κ2) is 6.53. The molecule has 4 rings (SSSR count). The van der Waals surface area contributed by atoms with Crippen molar-refractivity contribution in [3.05, 3.63) is 58.3 Å². The number of piperidine rings is 1. The van der Waals surface area contributed by atoms with Gasteiger partial charge in [0.05, 0.1) is 15.8 Å². The number of alkyl halides is 1. The molecular weight excluding hydrogens is 338 g/mol. The minimum atomic E-state index is -0.148. The maximum Gasteiger partial charge on any atom is 0.264 e. The lowest BCUT2D eigenvalue weighted by molar-refractivity contribution is 0.0283. The summed E-state index contributed by atoms with van der Waals surface area (Å²) in [4.78, 5) is 15.9. The first-order valence-electron chi connectivity index (χ1n) is 8.77. The van der Waals surface area contributed by atoms with Crippen molar-refractivity contribution in [2.24, 2.45) is 5.92 Å². The summed E-state index contributed by atoms with van der Waals surface area (Å²) in [5.41, 5.74) is 1.22. The van der Waals surface area contributed by atoms with Crippen LogP contribution in [0.15, 0.2) is 47.8 Å². The van der Waals surface area contributed by atoms with E-state index in [0.29, 0.717) is 5.92 Å². The van der Waals surface area contributed by atoms with Crippen LogP contribution in [-0.4, -0.2) is 22.2 Å². The van der Waals surface area contributed by atoms with E-state index in [1.807, 2.05) is 23.6 Å². The Morgan fingerprint density at radius 2 is 1.96 bits per heavy atom. The van der Waals surface area contributed by atoms with Crippen LogP contribution < -0.4 is 0 Å². The highest BCUT2D eigenvalue weighted by Gasteiger charge is 2.50. The summed E-state index contributed by atoms with van der Waals surface area (Å²) in [6.07, 6.45) is 5.50. The molecule has 1 aliphatic carbocycles. The van der Waals surface area contributed by atoms with Gasteiger partial charge in [-0.05, 0) is 36.3 Å². The van der Waals surface area contributed by atoms with E-state index in [0.717, 1.165) is 30.7 Å². The zero-order valence-corrected chi connectivity index (χ0v) is 15.2. The number of carbonyl (C=O) groups excluding carboxylic acids is 1. The number of hydrogen-bond acceptors (Lipinski definition) is 2. The fourth-order valence-corrected chi connectivity index (χ4v) is 5.60. The van der Waals surface area contributed by atoms with Crippen LogP contribution in [0.3, 0.4) is 0 Å². The van der Waals surface area contributed by atoms with Gasteiger partial charge in [-0.2, -0.15) is 0 Å². The number of hydrogen-bond donors (Lipinski definition) is 0. The smallest absolute Gasteiger partial charge is 0.264 e. The first kappa shape index (κ1) is 16.2. The monoisotopic (exact) mass is 359 g/mol. The molecule has 2 heterocycles. The summed E-state index contributed by atoms with van der Waals surface area (Å²) < 4.78 is 0. The van der Waals surface area contributed by atoms with Crippen molar-refractivity contribution < 1.29 is 4.79 Å². The zero-order valence-electron chi connectivity index (χ0n) is 13.7. The fourth-order valence-electron chi connectivity index (χ4n) is 4.47. The van der Waals surface area contributed by atoms with E-state index in [9.17, 15) is 4.79 Å². The number of likely N-dealkylation sites (tertiary alicyclic amines) is 1. The summed E-state index contributed by atoms with van der Waals surface area (Å²) in [5.74, 6) is 0.496. The lowest BCUT2D eigenvalue weighted by Gasteiger charge is -2.52. The SMILES string of the molecule is O=C(c1cccs1)N1CC[C@@]2(Cl)CCCC[C@@H]2[C@H]1c1ccccc1. The summed E-state index contributed by atoms with van der Waals surface area (Å²) in [6, 6.07) is 14.4. The van der Waals surface area contributed by atoms with Gasteiger partial charge in [-0.3, -0.25) is 4.79 Å². The molecule has 0 bridgehead atoms. The van der Waals surface area contributed by atoms with Gasteiger partial charge >= 0.3 is 0 Å². The lowest BCUT2D eigenvalue weighted by atomic mass is 9.68. The largest absolute Gasteiger partial charge is 0.330 e. The fraction of sp³-hybridized carbons (Fsp3) is 0.450. The average Bonchev–Trinajstić information content (AvgIpc) is 3.15. The van der Waals surface area contributed by atoms with Crippen molar-refractivity contribution in [3.63, 3.8) is 0 Å². The Hall–Kier alpha value is -1.32. The van der Waals surface area contributed by atoms with E-state index >= 15 is 0 Å². The highest BCUT2D eigenvalue weighted by molar-refractivity contribution is 7.12. The molecule has 4 heteroatoms. The van der Waals surface area contributed by atoms with Crippen LogP contribution in [-0.2, 0) is 0 Å². The van der Waals surface area contributed by atoms with E-state index < -0.39 is 0 Å². The molecule has 2 aliphatic rings. The van der Waals surface area contributed by atoms with E-state index in [1.165, 1.54) is 29.7 Å². The Balaban J connectivity index is 1.74. The number of rotatable bonds is 2. The zero-order chi connectivity index (χ0) is 16.6. The van der Waals surface area contributed by atoms with Crippen molar-refractivity contribution in [2.75, 3.05) is 6.54 Å². The Kier molecular flexibility index (Phi) is 4.40. The van der Waals surface area contributed by atoms with Crippen LogP contribution in [0.5, 0.6) is 0 Å². The molecule has 1 saturated heterocycles. The molecule has 2 fully saturated rings. The number of thiophene rings is 1. The van der Waals surface area contributed by atoms with E-state index in [1.54, 1.807) is 0 Å². The second-order valence-corrected chi connectivity index (χ2v) is 8.67. The number of nitrogens with zero attached hydrogens (tertiary/aromatic N) is 1. The van der Waals surface area contributed by atoms with Gasteiger partial charge in [0.2, 0.25) is 0 Å². The standard InChI is InChI=1S/C20H22ClNOS/c21-20-11-5-4-9-16(20)18(15-7-2-1-3-8-15)22(13-12-20)19(23)17-10-6-14-24-17/h1-3,6-8,10,14,16,18H,4-5,9,11-13H2/t16-,18-,20+/m1/s1. The molecule has 0 N–H and O–H groups in total. The molecule has 1 aromatic carbocycles. The minimum absolute atomic E-state index is 0.0901. The second-order valence-electron chi connectivity index (χ2n) is 6.97. The van der Waals surface area contributed by atoms with Gasteiger partial charge in [0.25, 0.3) is 5.91 Å². The summed E-state index contributed by atoms with van der Waals surface area (Å²) in [5, 5.41) is 1.97. The van der Waals surface area contributed by atoms with Crippen LogP contribution in [0.25, 0.3) is 0 Å². The maximum atomic E-state index is 13.1. The Bertz CT molecular complexity index is 702. The normalized spacial score (nSPS) is 30.0. The van der Waals surface area contributed by atoms with Crippen LogP contribution >= 0.6 is 22.9 Å². The van der Waals surface area contributed by atoms with Gasteiger partial charge < -0.3 is 4.90 Å². The minimum Gasteiger partial charge on any atom is -0.330 e. The number of halogens is 1. The third-order valence-electron chi connectivity index (χ3n) is 5.64. The van der Waals surface area contributed by atoms with Crippen LogP contribution in [0.4, 0.5) is 0 Å². The Labute approximate surface area is 152 Å². The highest BCUT2D eigenvalue weighted by atomic mass is 35.5. The first-order chi connectivity index (χ1) is 11.7. The Morgan fingerprint density at radius 3 is 2.71 bits per heavy atom. The maximum absolute atomic E-state index is 13.1. The van der Waals surface area contributed by atoms with E-state index in [4.69, 9.17) is 11.6 Å². The summed E-state index contributed by atoms with van der Waals surface area (Å²) in [6.45, 7) is 0.746. The van der Waals surface area contributed by atoms with Crippen LogP contribution in [0.1, 0.15) is 53.4 Å². The van der Waals surface area contributed by atoms with Gasteiger partial charge in [0, 0.05) is 12.5 Å². The number of carbonyl (C=O) groups is 1. The molecule has 3 atom stereocenters. The first-order valence-corrected chi connectivity index (χ1v) is 10.0. The molecule has 1 aromatic heterocycles. The van der Waals surface area contributed by atoms with Crippen LogP contribution in [0.2, 0.25) is 0 Å². The van der Waals surface area contributed by atoms with Gasteiger partial charge in [-0.15, -0.1) is 22.9 Å². The third-order valence-corrected chi connectivity index (χ3v) is 7.16. The van der Waals surface area contributed by atoms with Crippen molar-refractivity contribution in [2.45, 2.75) is 43.0 Å². The number of fused-ring (bicyclic) bond motifs is 1.